The van der Waals surface area contributed by atoms with Gasteiger partial charge in [0, 0.05) is 5.56 Å². The van der Waals surface area contributed by atoms with Crippen LogP contribution in [-0.4, -0.2) is 27.0 Å². The van der Waals surface area contributed by atoms with Gasteiger partial charge in [-0.25, -0.2) is 0 Å². The molecule has 78 valence electrons. The monoisotopic (exact) mass is 203 g/mol. The maximum atomic E-state index is 10.6. The quantitative estimate of drug-likeness (QED) is 0.590. The molecule has 0 bridgehead atoms. The van der Waals surface area contributed by atoms with Crippen LogP contribution in [0.15, 0.2) is 18.2 Å². The average molecular weight is 203 g/mol. The highest BCUT2D eigenvalue weighted by Crippen LogP contribution is 2.17. The molecule has 1 aromatic rings. The number of nitrogens with one attached hydrogen (secondary N) is 1. The van der Waals surface area contributed by atoms with Gasteiger partial charge >= 0.3 is 0 Å². The molecule has 0 amide bonds. The molecule has 15 heavy (non-hydrogen) atoms. The molecule has 0 radical (unpaired) electrons. The van der Waals surface area contributed by atoms with Crippen molar-refractivity contribution in [2.45, 2.75) is 0 Å². The fourth-order valence-corrected chi connectivity index (χ4v) is 1.12. The minimum atomic E-state index is 0.601. The van der Waals surface area contributed by atoms with E-state index in [0.29, 0.717) is 17.9 Å². The summed E-state index contributed by atoms with van der Waals surface area (Å²) in [7, 11) is 3.41. The Balaban J connectivity index is 3.02. The topological polar surface area (TPSA) is 38.3 Å². The number of ether oxygens (including phenoxy) is 1. The van der Waals surface area contributed by atoms with E-state index in [1.807, 2.05) is 7.05 Å². The molecule has 0 aromatic heterocycles. The zero-order chi connectivity index (χ0) is 11.1. The molecule has 0 aliphatic heterocycles. The summed E-state index contributed by atoms with van der Waals surface area (Å²) in [4.78, 5) is 10.6. The van der Waals surface area contributed by atoms with Crippen LogP contribution in [0.1, 0.15) is 15.9 Å². The molecular formula is C12H13NO2. The highest BCUT2D eigenvalue weighted by atomic mass is 16.5. The largest absolute Gasteiger partial charge is 0.495 e. The fourth-order valence-electron chi connectivity index (χ4n) is 1.12. The van der Waals surface area contributed by atoms with Crippen LogP contribution in [0.5, 0.6) is 5.75 Å². The Kier molecular flexibility index (Phi) is 4.39. The Labute approximate surface area is 89.4 Å². The third-order valence-electron chi connectivity index (χ3n) is 1.85. The highest BCUT2D eigenvalue weighted by Gasteiger charge is 2.00. The first-order chi connectivity index (χ1) is 7.31. The van der Waals surface area contributed by atoms with Crippen LogP contribution >= 0.6 is 0 Å². The van der Waals surface area contributed by atoms with Crippen molar-refractivity contribution in [3.8, 4) is 17.6 Å². The van der Waals surface area contributed by atoms with E-state index in [1.165, 1.54) is 0 Å². The SMILES string of the molecule is CNCC#Cc1cc(C=O)ccc1OC. The van der Waals surface area contributed by atoms with E-state index in [-0.39, 0.29) is 0 Å². The fraction of sp³-hybridized carbons (Fsp3) is 0.250. The van der Waals surface area contributed by atoms with Gasteiger partial charge in [-0.2, -0.15) is 0 Å². The minimum Gasteiger partial charge on any atom is -0.495 e. The molecule has 0 saturated carbocycles. The van der Waals surface area contributed by atoms with Crippen LogP contribution in [0, 0.1) is 11.8 Å². The van der Waals surface area contributed by atoms with Gasteiger partial charge in [0.15, 0.2) is 0 Å². The summed E-state index contributed by atoms with van der Waals surface area (Å²) < 4.78 is 5.14. The smallest absolute Gasteiger partial charge is 0.150 e. The standard InChI is InChI=1S/C12H13NO2/c1-13-7-3-4-11-8-10(9-14)5-6-12(11)15-2/h5-6,8-9,13H,7H2,1-2H3. The van der Waals surface area contributed by atoms with Crippen molar-refractivity contribution in [3.63, 3.8) is 0 Å². The van der Waals surface area contributed by atoms with Gasteiger partial charge in [-0.1, -0.05) is 11.8 Å². The number of carbonyl (C=O) groups is 1. The summed E-state index contributed by atoms with van der Waals surface area (Å²) in [6.45, 7) is 0.606. The lowest BCUT2D eigenvalue weighted by atomic mass is 10.1. The van der Waals surface area contributed by atoms with E-state index >= 15 is 0 Å². The van der Waals surface area contributed by atoms with Crippen LogP contribution in [0.2, 0.25) is 0 Å². The number of methoxy groups -OCH3 is 1. The first-order valence-electron chi connectivity index (χ1n) is 4.58. The van der Waals surface area contributed by atoms with Gasteiger partial charge in [-0.05, 0) is 25.2 Å². The second kappa shape index (κ2) is 5.84. The summed E-state index contributed by atoms with van der Waals surface area (Å²) >= 11 is 0. The van der Waals surface area contributed by atoms with E-state index in [9.17, 15) is 4.79 Å². The van der Waals surface area contributed by atoms with Crippen molar-refractivity contribution in [2.24, 2.45) is 0 Å². The minimum absolute atomic E-state index is 0.601. The Morgan fingerprint density at radius 3 is 2.93 bits per heavy atom. The van der Waals surface area contributed by atoms with Crippen LogP contribution in [0.4, 0.5) is 0 Å². The molecule has 0 fully saturated rings. The summed E-state index contributed by atoms with van der Waals surface area (Å²) in [5.74, 6) is 6.55. The predicted octanol–water partition coefficient (Wildman–Crippen LogP) is 1.08. The van der Waals surface area contributed by atoms with Crippen molar-refractivity contribution in [2.75, 3.05) is 20.7 Å². The van der Waals surface area contributed by atoms with Gasteiger partial charge in [-0.15, -0.1) is 0 Å². The molecule has 1 rings (SSSR count). The molecule has 0 aliphatic carbocycles. The van der Waals surface area contributed by atoms with Gasteiger partial charge in [0.1, 0.15) is 12.0 Å². The lowest BCUT2D eigenvalue weighted by molar-refractivity contribution is 0.112. The molecule has 1 N–H and O–H groups in total. The number of hydrogen-bond acceptors (Lipinski definition) is 3. The van der Waals surface area contributed by atoms with Crippen molar-refractivity contribution in [1.82, 2.24) is 5.32 Å². The Morgan fingerprint density at radius 1 is 1.53 bits per heavy atom. The summed E-state index contributed by atoms with van der Waals surface area (Å²) in [5.41, 5.74) is 1.34. The maximum Gasteiger partial charge on any atom is 0.150 e. The summed E-state index contributed by atoms with van der Waals surface area (Å²) in [5, 5.41) is 2.92. The van der Waals surface area contributed by atoms with E-state index in [1.54, 1.807) is 25.3 Å². The molecule has 3 nitrogen and oxygen atoms in total. The van der Waals surface area contributed by atoms with Gasteiger partial charge in [-0.3, -0.25) is 4.79 Å². The van der Waals surface area contributed by atoms with Gasteiger partial charge < -0.3 is 10.1 Å². The summed E-state index contributed by atoms with van der Waals surface area (Å²) in [6, 6.07) is 5.16. The predicted molar refractivity (Wildman–Crippen MR) is 59.2 cm³/mol. The van der Waals surface area contributed by atoms with Crippen LogP contribution < -0.4 is 10.1 Å². The molecule has 0 aliphatic rings. The second-order valence-electron chi connectivity index (χ2n) is 2.91. The maximum absolute atomic E-state index is 10.6. The highest BCUT2D eigenvalue weighted by molar-refractivity contribution is 5.76. The lowest BCUT2D eigenvalue weighted by Gasteiger charge is -2.02. The van der Waals surface area contributed by atoms with E-state index in [4.69, 9.17) is 4.74 Å². The molecule has 0 saturated heterocycles. The number of rotatable bonds is 3. The van der Waals surface area contributed by atoms with E-state index in [2.05, 4.69) is 17.2 Å². The zero-order valence-corrected chi connectivity index (χ0v) is 8.83. The first-order valence-corrected chi connectivity index (χ1v) is 4.58. The molecule has 0 unspecified atom stereocenters. The zero-order valence-electron chi connectivity index (χ0n) is 8.83. The van der Waals surface area contributed by atoms with Crippen molar-refractivity contribution < 1.29 is 9.53 Å². The Bertz CT molecular complexity index is 402. The third kappa shape index (κ3) is 3.12. The third-order valence-corrected chi connectivity index (χ3v) is 1.85. The molecule has 1 aromatic carbocycles. The molecule has 0 spiro atoms. The van der Waals surface area contributed by atoms with Gasteiger partial charge in [0.2, 0.25) is 0 Å². The van der Waals surface area contributed by atoms with Crippen LogP contribution in [-0.2, 0) is 0 Å². The Hall–Kier alpha value is -1.79. The van der Waals surface area contributed by atoms with E-state index in [0.717, 1.165) is 11.8 Å². The van der Waals surface area contributed by atoms with Crippen LogP contribution in [0.3, 0.4) is 0 Å². The summed E-state index contributed by atoms with van der Waals surface area (Å²) in [6.07, 6.45) is 0.794. The van der Waals surface area contributed by atoms with Crippen molar-refractivity contribution in [3.05, 3.63) is 29.3 Å². The normalized spacial score (nSPS) is 8.93. The molecule has 0 atom stereocenters. The van der Waals surface area contributed by atoms with Gasteiger partial charge in [0.25, 0.3) is 0 Å². The number of aldehydes is 1. The first kappa shape index (κ1) is 11.3. The van der Waals surface area contributed by atoms with E-state index < -0.39 is 0 Å². The lowest BCUT2D eigenvalue weighted by Crippen LogP contribution is -2.04. The Morgan fingerprint density at radius 2 is 2.33 bits per heavy atom. The van der Waals surface area contributed by atoms with Gasteiger partial charge in [0.05, 0.1) is 19.2 Å². The van der Waals surface area contributed by atoms with Crippen LogP contribution in [0.25, 0.3) is 0 Å². The average Bonchev–Trinajstić information content (AvgIpc) is 2.29. The number of carbonyl (C=O) groups excluding carboxylic acids is 1. The molecular weight excluding hydrogens is 190 g/mol. The van der Waals surface area contributed by atoms with Crippen molar-refractivity contribution in [1.29, 1.82) is 0 Å². The number of hydrogen-bond donors (Lipinski definition) is 1. The molecule has 3 heteroatoms. The molecule has 0 heterocycles. The number of benzene rings is 1. The van der Waals surface area contributed by atoms with Crippen molar-refractivity contribution >= 4 is 6.29 Å². The second-order valence-corrected chi connectivity index (χ2v) is 2.91.